The van der Waals surface area contributed by atoms with Gasteiger partial charge in [-0.1, -0.05) is 13.8 Å². The van der Waals surface area contributed by atoms with E-state index in [2.05, 4.69) is 18.7 Å². The molecule has 1 aliphatic rings. The van der Waals surface area contributed by atoms with Crippen LogP contribution in [0.15, 0.2) is 0 Å². The first kappa shape index (κ1) is 16.5. The molecule has 3 heteroatoms. The quantitative estimate of drug-likeness (QED) is 0.732. The minimum Gasteiger partial charge on any atom is -0.460 e. The fraction of sp³-hybridized carbons (Fsp3) is 0.938. The first-order valence-corrected chi connectivity index (χ1v) is 7.72. The summed E-state index contributed by atoms with van der Waals surface area (Å²) in [6.45, 7) is 13.5. The third kappa shape index (κ3) is 6.95. The lowest BCUT2D eigenvalue weighted by Gasteiger charge is -2.23. The average molecular weight is 269 g/mol. The highest BCUT2D eigenvalue weighted by Crippen LogP contribution is 2.24. The Balaban J connectivity index is 2.28. The van der Waals surface area contributed by atoms with E-state index in [9.17, 15) is 4.79 Å². The van der Waals surface area contributed by atoms with Crippen LogP contribution in [0.5, 0.6) is 0 Å². The number of hydrogen-bond acceptors (Lipinski definition) is 3. The van der Waals surface area contributed by atoms with E-state index in [1.54, 1.807) is 0 Å². The summed E-state index contributed by atoms with van der Waals surface area (Å²) in [5.41, 5.74) is -0.362. The van der Waals surface area contributed by atoms with E-state index >= 15 is 0 Å². The Morgan fingerprint density at radius 3 is 2.53 bits per heavy atom. The van der Waals surface area contributed by atoms with Crippen LogP contribution in [0.4, 0.5) is 0 Å². The van der Waals surface area contributed by atoms with Crippen molar-refractivity contribution in [1.29, 1.82) is 0 Å². The van der Waals surface area contributed by atoms with E-state index in [4.69, 9.17) is 4.74 Å². The van der Waals surface area contributed by atoms with Crippen molar-refractivity contribution in [3.63, 3.8) is 0 Å². The summed E-state index contributed by atoms with van der Waals surface area (Å²) < 4.78 is 5.35. The summed E-state index contributed by atoms with van der Waals surface area (Å²) in [6, 6.07) is 0. The molecular weight excluding hydrogens is 238 g/mol. The molecule has 0 aromatic carbocycles. The second-order valence-electron chi connectivity index (χ2n) is 7.11. The maximum absolute atomic E-state index is 11.7. The molecule has 0 aromatic rings. The zero-order chi connectivity index (χ0) is 14.5. The molecule has 0 amide bonds. The first-order chi connectivity index (χ1) is 8.78. The van der Waals surface area contributed by atoms with Crippen LogP contribution < -0.4 is 0 Å². The molecule has 1 unspecified atom stereocenters. The molecule has 0 aromatic heterocycles. The molecule has 1 rings (SSSR count). The maximum Gasteiger partial charge on any atom is 0.307 e. The summed E-state index contributed by atoms with van der Waals surface area (Å²) in [4.78, 5) is 14.1. The van der Waals surface area contributed by atoms with E-state index in [0.717, 1.165) is 31.5 Å². The molecule has 19 heavy (non-hydrogen) atoms. The van der Waals surface area contributed by atoms with Crippen LogP contribution in [0.25, 0.3) is 0 Å². The molecule has 0 radical (unpaired) electrons. The van der Waals surface area contributed by atoms with Crippen molar-refractivity contribution in [2.24, 2.45) is 11.8 Å². The number of hydrogen-bond donors (Lipinski definition) is 0. The third-order valence-electron chi connectivity index (χ3n) is 3.86. The minimum absolute atomic E-state index is 0.0721. The monoisotopic (exact) mass is 269 g/mol. The normalized spacial score (nSPS) is 22.3. The van der Waals surface area contributed by atoms with Gasteiger partial charge in [-0.25, -0.2) is 0 Å². The van der Waals surface area contributed by atoms with Gasteiger partial charge in [0.05, 0.1) is 6.42 Å². The number of esters is 1. The Hall–Kier alpha value is -0.570. The number of carbonyl (C=O) groups excluding carboxylic acids is 1. The number of nitrogens with zero attached hydrogens (tertiary/aromatic N) is 1. The van der Waals surface area contributed by atoms with Crippen molar-refractivity contribution in [2.75, 3.05) is 19.6 Å². The van der Waals surface area contributed by atoms with Crippen molar-refractivity contribution in [1.82, 2.24) is 4.90 Å². The maximum atomic E-state index is 11.7. The molecule has 0 aliphatic carbocycles. The predicted molar refractivity (Wildman–Crippen MR) is 79.1 cm³/mol. The van der Waals surface area contributed by atoms with Crippen LogP contribution in [0, 0.1) is 11.8 Å². The smallest absolute Gasteiger partial charge is 0.307 e. The highest BCUT2D eigenvalue weighted by Gasteiger charge is 2.21. The molecule has 0 spiro atoms. The van der Waals surface area contributed by atoms with Gasteiger partial charge in [0, 0.05) is 6.54 Å². The number of ether oxygens (including phenoxy) is 1. The highest BCUT2D eigenvalue weighted by molar-refractivity contribution is 5.70. The summed E-state index contributed by atoms with van der Waals surface area (Å²) in [7, 11) is 0. The number of rotatable bonds is 4. The fourth-order valence-electron chi connectivity index (χ4n) is 2.71. The zero-order valence-electron chi connectivity index (χ0n) is 13.4. The van der Waals surface area contributed by atoms with E-state index in [1.165, 1.54) is 19.3 Å². The predicted octanol–water partition coefficient (Wildman–Crippen LogP) is 3.48. The van der Waals surface area contributed by atoms with Gasteiger partial charge < -0.3 is 9.64 Å². The summed E-state index contributed by atoms with van der Waals surface area (Å²) in [6.07, 6.45) is 4.38. The first-order valence-electron chi connectivity index (χ1n) is 7.72. The standard InChI is InChI=1S/C16H31NO2/c1-13(2)14-7-6-10-17(11-8-14)12-9-15(18)19-16(3,4)5/h13-14H,6-12H2,1-5H3. The Kier molecular flexibility index (Phi) is 6.31. The summed E-state index contributed by atoms with van der Waals surface area (Å²) in [5, 5.41) is 0. The van der Waals surface area contributed by atoms with E-state index < -0.39 is 0 Å². The average Bonchev–Trinajstić information content (AvgIpc) is 2.49. The summed E-state index contributed by atoms with van der Waals surface area (Å²) in [5.74, 6) is 1.56. The van der Waals surface area contributed by atoms with Crippen molar-refractivity contribution in [2.45, 2.75) is 65.9 Å². The molecule has 0 bridgehead atoms. The van der Waals surface area contributed by atoms with Gasteiger partial charge in [0.15, 0.2) is 0 Å². The van der Waals surface area contributed by atoms with Gasteiger partial charge in [-0.15, -0.1) is 0 Å². The lowest BCUT2D eigenvalue weighted by molar-refractivity contribution is -0.155. The van der Waals surface area contributed by atoms with Crippen molar-refractivity contribution >= 4 is 5.97 Å². The van der Waals surface area contributed by atoms with Gasteiger partial charge in [0.1, 0.15) is 5.60 Å². The molecule has 112 valence electrons. The highest BCUT2D eigenvalue weighted by atomic mass is 16.6. The van der Waals surface area contributed by atoms with Gasteiger partial charge in [-0.3, -0.25) is 4.79 Å². The molecule has 1 atom stereocenters. The van der Waals surface area contributed by atoms with E-state index in [0.29, 0.717) is 6.42 Å². The molecule has 1 aliphatic heterocycles. The molecular formula is C16H31NO2. The van der Waals surface area contributed by atoms with Gasteiger partial charge in [0.2, 0.25) is 0 Å². The van der Waals surface area contributed by atoms with Gasteiger partial charge >= 0.3 is 5.97 Å². The van der Waals surface area contributed by atoms with E-state index in [1.807, 2.05) is 20.8 Å². The van der Waals surface area contributed by atoms with Crippen LogP contribution in [0.3, 0.4) is 0 Å². The lowest BCUT2D eigenvalue weighted by Crippen LogP contribution is -2.30. The van der Waals surface area contributed by atoms with Crippen LogP contribution in [0.1, 0.15) is 60.3 Å². The van der Waals surface area contributed by atoms with Gasteiger partial charge in [0.25, 0.3) is 0 Å². The second kappa shape index (κ2) is 7.28. The Labute approximate surface area is 118 Å². The van der Waals surface area contributed by atoms with Gasteiger partial charge in [-0.2, -0.15) is 0 Å². The zero-order valence-corrected chi connectivity index (χ0v) is 13.4. The minimum atomic E-state index is -0.362. The van der Waals surface area contributed by atoms with Gasteiger partial charge in [-0.05, 0) is 65.0 Å². The largest absolute Gasteiger partial charge is 0.460 e. The molecule has 1 saturated heterocycles. The Bertz CT molecular complexity index is 281. The molecule has 0 saturated carbocycles. The summed E-state index contributed by atoms with van der Waals surface area (Å²) >= 11 is 0. The molecule has 1 heterocycles. The van der Waals surface area contributed by atoms with Crippen molar-refractivity contribution in [3.05, 3.63) is 0 Å². The topological polar surface area (TPSA) is 29.5 Å². The third-order valence-corrected chi connectivity index (χ3v) is 3.86. The van der Waals surface area contributed by atoms with Crippen molar-refractivity contribution in [3.8, 4) is 0 Å². The molecule has 1 fully saturated rings. The Morgan fingerprint density at radius 2 is 1.95 bits per heavy atom. The Morgan fingerprint density at radius 1 is 1.26 bits per heavy atom. The second-order valence-corrected chi connectivity index (χ2v) is 7.11. The van der Waals surface area contributed by atoms with Crippen LogP contribution >= 0.6 is 0 Å². The van der Waals surface area contributed by atoms with Crippen LogP contribution in [-0.4, -0.2) is 36.1 Å². The van der Waals surface area contributed by atoms with Crippen molar-refractivity contribution < 1.29 is 9.53 Å². The number of carbonyl (C=O) groups is 1. The van der Waals surface area contributed by atoms with E-state index in [-0.39, 0.29) is 11.6 Å². The van der Waals surface area contributed by atoms with Crippen LogP contribution in [0.2, 0.25) is 0 Å². The molecule has 0 N–H and O–H groups in total. The number of likely N-dealkylation sites (tertiary alicyclic amines) is 1. The molecule has 3 nitrogen and oxygen atoms in total. The van der Waals surface area contributed by atoms with Crippen LogP contribution in [-0.2, 0) is 9.53 Å². The SMILES string of the molecule is CC(C)C1CCCN(CCC(=O)OC(C)(C)C)CC1. The fourth-order valence-corrected chi connectivity index (χ4v) is 2.71. The lowest BCUT2D eigenvalue weighted by atomic mass is 9.89.